The molecule has 1 saturated heterocycles. The molecule has 1 unspecified atom stereocenters. The SMILES string of the molecule is CCc1nc(C2(C)CCCO2)nc(NC)c1I. The zero-order valence-electron chi connectivity index (χ0n) is 10.5. The number of aryl methyl sites for hydroxylation is 1. The number of nitrogens with one attached hydrogen (secondary N) is 1. The summed E-state index contributed by atoms with van der Waals surface area (Å²) in [6.45, 7) is 5.01. The van der Waals surface area contributed by atoms with Crippen LogP contribution in [0.5, 0.6) is 0 Å². The quantitative estimate of drug-likeness (QED) is 0.855. The lowest BCUT2D eigenvalue weighted by Crippen LogP contribution is -2.25. The van der Waals surface area contributed by atoms with Gasteiger partial charge in [-0.2, -0.15) is 0 Å². The Kier molecular flexibility index (Phi) is 3.87. The van der Waals surface area contributed by atoms with Gasteiger partial charge in [-0.1, -0.05) is 6.92 Å². The molecule has 0 aromatic carbocycles. The predicted molar refractivity (Wildman–Crippen MR) is 76.2 cm³/mol. The van der Waals surface area contributed by atoms with Crippen molar-refractivity contribution in [3.8, 4) is 0 Å². The minimum Gasteiger partial charge on any atom is -0.372 e. The van der Waals surface area contributed by atoms with Crippen LogP contribution in [0.25, 0.3) is 0 Å². The summed E-state index contributed by atoms with van der Waals surface area (Å²) in [5.74, 6) is 1.72. The van der Waals surface area contributed by atoms with Crippen molar-refractivity contribution in [3.05, 3.63) is 15.1 Å². The van der Waals surface area contributed by atoms with Crippen LogP contribution in [0, 0.1) is 3.57 Å². The zero-order chi connectivity index (χ0) is 12.5. The fourth-order valence-corrected chi connectivity index (χ4v) is 2.98. The second-order valence-corrected chi connectivity index (χ2v) is 5.52. The zero-order valence-corrected chi connectivity index (χ0v) is 12.7. The van der Waals surface area contributed by atoms with Crippen LogP contribution in [0.1, 0.15) is 38.2 Å². The van der Waals surface area contributed by atoms with E-state index in [9.17, 15) is 0 Å². The van der Waals surface area contributed by atoms with Crippen LogP contribution < -0.4 is 5.32 Å². The molecule has 0 bridgehead atoms. The number of anilines is 1. The van der Waals surface area contributed by atoms with Crippen LogP contribution >= 0.6 is 22.6 Å². The van der Waals surface area contributed by atoms with Gasteiger partial charge in [0.25, 0.3) is 0 Å². The maximum atomic E-state index is 5.81. The van der Waals surface area contributed by atoms with Gasteiger partial charge in [0.2, 0.25) is 0 Å². The van der Waals surface area contributed by atoms with E-state index < -0.39 is 0 Å². The molecule has 0 aliphatic carbocycles. The predicted octanol–water partition coefficient (Wildman–Crippen LogP) is 2.71. The maximum Gasteiger partial charge on any atom is 0.162 e. The third-order valence-electron chi connectivity index (χ3n) is 3.18. The number of hydrogen-bond donors (Lipinski definition) is 1. The number of nitrogens with zero attached hydrogens (tertiary/aromatic N) is 2. The van der Waals surface area contributed by atoms with E-state index in [2.05, 4.69) is 51.7 Å². The second-order valence-electron chi connectivity index (χ2n) is 4.44. The number of halogens is 1. The summed E-state index contributed by atoms with van der Waals surface area (Å²) in [4.78, 5) is 9.27. The van der Waals surface area contributed by atoms with Crippen molar-refractivity contribution in [2.24, 2.45) is 0 Å². The molecule has 94 valence electrons. The summed E-state index contributed by atoms with van der Waals surface area (Å²) >= 11 is 2.30. The molecule has 0 spiro atoms. The van der Waals surface area contributed by atoms with E-state index in [0.29, 0.717) is 0 Å². The second kappa shape index (κ2) is 5.06. The highest BCUT2D eigenvalue weighted by Gasteiger charge is 2.35. The van der Waals surface area contributed by atoms with Crippen molar-refractivity contribution in [2.75, 3.05) is 19.0 Å². The molecule has 2 rings (SSSR count). The summed E-state index contributed by atoms with van der Waals surface area (Å²) < 4.78 is 6.92. The first kappa shape index (κ1) is 13.0. The van der Waals surface area contributed by atoms with Crippen molar-refractivity contribution in [1.82, 2.24) is 9.97 Å². The lowest BCUT2D eigenvalue weighted by molar-refractivity contribution is 0.00924. The van der Waals surface area contributed by atoms with Crippen LogP contribution in [0.4, 0.5) is 5.82 Å². The van der Waals surface area contributed by atoms with Gasteiger partial charge >= 0.3 is 0 Å². The van der Waals surface area contributed by atoms with Gasteiger partial charge < -0.3 is 10.1 Å². The highest BCUT2D eigenvalue weighted by Crippen LogP contribution is 2.35. The maximum absolute atomic E-state index is 5.81. The first-order chi connectivity index (χ1) is 8.10. The molecule has 1 atom stereocenters. The molecule has 1 fully saturated rings. The smallest absolute Gasteiger partial charge is 0.162 e. The molecular weight excluding hydrogens is 329 g/mol. The van der Waals surface area contributed by atoms with Crippen LogP contribution in [0.15, 0.2) is 0 Å². The van der Waals surface area contributed by atoms with Crippen molar-refractivity contribution >= 4 is 28.4 Å². The van der Waals surface area contributed by atoms with Gasteiger partial charge in [0.1, 0.15) is 11.4 Å². The molecule has 1 aromatic rings. The number of hydrogen-bond acceptors (Lipinski definition) is 4. The first-order valence-electron chi connectivity index (χ1n) is 5.99. The largest absolute Gasteiger partial charge is 0.372 e. The highest BCUT2D eigenvalue weighted by molar-refractivity contribution is 14.1. The molecule has 4 nitrogen and oxygen atoms in total. The van der Waals surface area contributed by atoms with Gasteiger partial charge in [-0.15, -0.1) is 0 Å². The molecular formula is C12H18IN3O. The topological polar surface area (TPSA) is 47.0 Å². The van der Waals surface area contributed by atoms with Crippen molar-refractivity contribution in [3.63, 3.8) is 0 Å². The third-order valence-corrected chi connectivity index (χ3v) is 4.32. The fourth-order valence-electron chi connectivity index (χ4n) is 2.09. The molecule has 1 N–H and O–H groups in total. The summed E-state index contributed by atoms with van der Waals surface area (Å²) in [6, 6.07) is 0. The molecule has 17 heavy (non-hydrogen) atoms. The molecule has 0 saturated carbocycles. The average molecular weight is 347 g/mol. The lowest BCUT2D eigenvalue weighted by Gasteiger charge is -2.23. The Morgan fingerprint density at radius 1 is 1.47 bits per heavy atom. The number of aromatic nitrogens is 2. The summed E-state index contributed by atoms with van der Waals surface area (Å²) in [6.07, 6.45) is 3.00. The number of ether oxygens (including phenoxy) is 1. The standard InChI is InChI=1S/C12H18IN3O/c1-4-8-9(13)10(14-3)16-11(15-8)12(2)6-5-7-17-12/h4-7H2,1-3H3,(H,14,15,16). The third kappa shape index (κ3) is 2.40. The highest BCUT2D eigenvalue weighted by atomic mass is 127. The van der Waals surface area contributed by atoms with Gasteiger partial charge in [-0.25, -0.2) is 9.97 Å². The van der Waals surface area contributed by atoms with E-state index in [1.54, 1.807) is 0 Å². The van der Waals surface area contributed by atoms with E-state index in [1.165, 1.54) is 0 Å². The minimum absolute atomic E-state index is 0.306. The van der Waals surface area contributed by atoms with Crippen molar-refractivity contribution in [1.29, 1.82) is 0 Å². The average Bonchev–Trinajstić information content (AvgIpc) is 2.77. The lowest BCUT2D eigenvalue weighted by atomic mass is 10.0. The minimum atomic E-state index is -0.306. The molecule has 1 aliphatic heterocycles. The monoisotopic (exact) mass is 347 g/mol. The molecule has 2 heterocycles. The van der Waals surface area contributed by atoms with E-state index >= 15 is 0 Å². The van der Waals surface area contributed by atoms with E-state index in [0.717, 1.165) is 46.8 Å². The van der Waals surface area contributed by atoms with Gasteiger partial charge in [0, 0.05) is 13.7 Å². The van der Waals surface area contributed by atoms with Crippen LogP contribution in [-0.4, -0.2) is 23.6 Å². The van der Waals surface area contributed by atoms with Gasteiger partial charge in [-0.3, -0.25) is 0 Å². The van der Waals surface area contributed by atoms with E-state index in [1.807, 2.05) is 7.05 Å². The summed E-state index contributed by atoms with van der Waals surface area (Å²) in [7, 11) is 1.89. The summed E-state index contributed by atoms with van der Waals surface area (Å²) in [5.41, 5.74) is 0.788. The van der Waals surface area contributed by atoms with E-state index in [4.69, 9.17) is 4.74 Å². The Morgan fingerprint density at radius 2 is 2.24 bits per heavy atom. The molecule has 1 aromatic heterocycles. The Balaban J connectivity index is 2.47. The normalized spacial score (nSPS) is 24.0. The molecule has 0 radical (unpaired) electrons. The van der Waals surface area contributed by atoms with Gasteiger partial charge in [0.15, 0.2) is 5.82 Å². The Morgan fingerprint density at radius 3 is 2.76 bits per heavy atom. The van der Waals surface area contributed by atoms with Gasteiger partial charge in [-0.05, 0) is 48.8 Å². The van der Waals surface area contributed by atoms with E-state index in [-0.39, 0.29) is 5.60 Å². The van der Waals surface area contributed by atoms with Crippen LogP contribution in [0.3, 0.4) is 0 Å². The Labute approximate surface area is 116 Å². The molecule has 5 heteroatoms. The Bertz CT molecular complexity index is 391. The Hall–Kier alpha value is -0.430. The first-order valence-corrected chi connectivity index (χ1v) is 7.07. The molecule has 1 aliphatic rings. The molecule has 0 amide bonds. The summed E-state index contributed by atoms with van der Waals surface area (Å²) in [5, 5.41) is 3.14. The van der Waals surface area contributed by atoms with Crippen LogP contribution in [0.2, 0.25) is 0 Å². The van der Waals surface area contributed by atoms with Gasteiger partial charge in [0.05, 0.1) is 9.26 Å². The van der Waals surface area contributed by atoms with Crippen molar-refractivity contribution in [2.45, 2.75) is 38.7 Å². The van der Waals surface area contributed by atoms with Crippen LogP contribution in [-0.2, 0) is 16.8 Å². The van der Waals surface area contributed by atoms with Crippen molar-refractivity contribution < 1.29 is 4.74 Å². The number of rotatable bonds is 3. The fraction of sp³-hybridized carbons (Fsp3) is 0.667.